The van der Waals surface area contributed by atoms with Crippen molar-refractivity contribution in [2.45, 2.75) is 38.3 Å². The second kappa shape index (κ2) is 8.13. The molecule has 2 rings (SSSR count). The third-order valence-corrected chi connectivity index (χ3v) is 3.77. The Morgan fingerprint density at radius 1 is 1.21 bits per heavy atom. The number of esters is 1. The molecular weight excluding hydrogens is 321 g/mol. The maximum Gasteiger partial charge on any atom is 0.389 e. The normalized spacial score (nSPS) is 18.0. The summed E-state index contributed by atoms with van der Waals surface area (Å²) in [5.74, 6) is -0.950. The minimum Gasteiger partial charge on any atom is -0.462 e. The average Bonchev–Trinajstić information content (AvgIpc) is 2.50. The molecule has 24 heavy (non-hydrogen) atoms. The molecule has 0 amide bonds. The van der Waals surface area contributed by atoms with Crippen molar-refractivity contribution < 1.29 is 27.5 Å². The Kier molecular flexibility index (Phi) is 6.17. The van der Waals surface area contributed by atoms with E-state index in [1.807, 2.05) is 30.3 Å². The summed E-state index contributed by atoms with van der Waals surface area (Å²) in [6.07, 6.45) is -3.45. The first-order valence-electron chi connectivity index (χ1n) is 7.83. The van der Waals surface area contributed by atoms with Crippen molar-refractivity contribution >= 4 is 11.8 Å². The number of hydrogen-bond acceptors (Lipinski definition) is 3. The van der Waals surface area contributed by atoms with Gasteiger partial charge in [0.15, 0.2) is 0 Å². The Balaban J connectivity index is 1.89. The van der Waals surface area contributed by atoms with Crippen molar-refractivity contribution in [1.29, 1.82) is 0 Å². The van der Waals surface area contributed by atoms with Gasteiger partial charge < -0.3 is 4.74 Å². The van der Waals surface area contributed by atoms with Crippen LogP contribution in [0.2, 0.25) is 0 Å². The zero-order chi connectivity index (χ0) is 17.6. The van der Waals surface area contributed by atoms with Gasteiger partial charge in [-0.2, -0.15) is 13.2 Å². The average molecular weight is 340 g/mol. The Morgan fingerprint density at radius 3 is 2.58 bits per heavy atom. The molecule has 0 radical (unpaired) electrons. The van der Waals surface area contributed by atoms with Gasteiger partial charge in [-0.1, -0.05) is 36.4 Å². The predicted molar refractivity (Wildman–Crippen MR) is 82.2 cm³/mol. The van der Waals surface area contributed by atoms with Crippen molar-refractivity contribution in [3.8, 4) is 0 Å². The van der Waals surface area contributed by atoms with E-state index in [4.69, 9.17) is 4.74 Å². The molecule has 0 spiro atoms. The predicted octanol–water partition coefficient (Wildman–Crippen LogP) is 4.02. The first kappa shape index (κ1) is 18.2. The van der Waals surface area contributed by atoms with Gasteiger partial charge in [-0.3, -0.25) is 4.79 Å². The molecule has 3 nitrogen and oxygen atoms in total. The summed E-state index contributed by atoms with van der Waals surface area (Å²) < 4.78 is 41.4. The Hall–Kier alpha value is -2.11. The van der Waals surface area contributed by atoms with Crippen molar-refractivity contribution in [2.75, 3.05) is 6.61 Å². The van der Waals surface area contributed by atoms with Crippen molar-refractivity contribution in [3.05, 3.63) is 47.5 Å². The number of ketones is 1. The molecule has 0 N–H and O–H groups in total. The summed E-state index contributed by atoms with van der Waals surface area (Å²) in [6, 6.07) is 9.67. The third-order valence-electron chi connectivity index (χ3n) is 3.77. The van der Waals surface area contributed by atoms with Gasteiger partial charge in [-0.25, -0.2) is 4.79 Å². The molecule has 1 aliphatic heterocycles. The van der Waals surface area contributed by atoms with E-state index in [0.717, 1.165) is 5.56 Å². The Morgan fingerprint density at radius 2 is 1.92 bits per heavy atom. The maximum atomic E-state index is 12.1. The molecule has 1 aromatic carbocycles. The van der Waals surface area contributed by atoms with Crippen LogP contribution in [-0.4, -0.2) is 24.5 Å². The lowest BCUT2D eigenvalue weighted by Gasteiger charge is -2.21. The van der Waals surface area contributed by atoms with Crippen LogP contribution >= 0.6 is 0 Å². The number of ether oxygens (including phenoxy) is 1. The van der Waals surface area contributed by atoms with E-state index in [1.54, 1.807) is 6.08 Å². The molecule has 1 heterocycles. The van der Waals surface area contributed by atoms with Gasteiger partial charge in [0.2, 0.25) is 0 Å². The highest BCUT2D eigenvalue weighted by Gasteiger charge is 2.27. The van der Waals surface area contributed by atoms with Crippen molar-refractivity contribution in [3.63, 3.8) is 0 Å². The standard InChI is InChI=1S/C18H19F3O3/c19-18(20,21)8-4-7-16(22)11-15-10-14(12-24-17(15)23)9-13-5-2-1-3-6-13/h1-3,5-6,10,14H,4,7-9,11-12H2/t14-/m1/s1. The number of cyclic esters (lactones) is 1. The summed E-state index contributed by atoms with van der Waals surface area (Å²) in [7, 11) is 0. The second-order valence-electron chi connectivity index (χ2n) is 5.92. The van der Waals surface area contributed by atoms with E-state index in [9.17, 15) is 22.8 Å². The number of alkyl halides is 3. The fourth-order valence-corrected chi connectivity index (χ4v) is 2.63. The minimum absolute atomic E-state index is 0.0249. The zero-order valence-corrected chi connectivity index (χ0v) is 13.1. The molecule has 0 fully saturated rings. The van der Waals surface area contributed by atoms with Crippen molar-refractivity contribution in [2.24, 2.45) is 5.92 Å². The lowest BCUT2D eigenvalue weighted by Crippen LogP contribution is -2.24. The monoisotopic (exact) mass is 340 g/mol. The van der Waals surface area contributed by atoms with Crippen LogP contribution in [0.25, 0.3) is 0 Å². The highest BCUT2D eigenvalue weighted by molar-refractivity contribution is 5.96. The fourth-order valence-electron chi connectivity index (χ4n) is 2.63. The molecule has 0 saturated carbocycles. The van der Waals surface area contributed by atoms with E-state index in [2.05, 4.69) is 0 Å². The molecular formula is C18H19F3O3. The van der Waals surface area contributed by atoms with E-state index in [1.165, 1.54) is 0 Å². The largest absolute Gasteiger partial charge is 0.462 e. The van der Waals surface area contributed by atoms with Gasteiger partial charge in [0.1, 0.15) is 5.78 Å². The van der Waals surface area contributed by atoms with Crippen LogP contribution in [0.15, 0.2) is 42.0 Å². The maximum absolute atomic E-state index is 12.1. The van der Waals surface area contributed by atoms with Gasteiger partial charge in [-0.05, 0) is 18.4 Å². The number of benzene rings is 1. The van der Waals surface area contributed by atoms with Crippen LogP contribution in [0.5, 0.6) is 0 Å². The number of carbonyl (C=O) groups excluding carboxylic acids is 2. The summed E-state index contributed by atoms with van der Waals surface area (Å²) in [5, 5.41) is 0. The van der Waals surface area contributed by atoms with Gasteiger partial charge in [-0.15, -0.1) is 0 Å². The molecule has 0 aliphatic carbocycles. The number of rotatable bonds is 7. The highest BCUT2D eigenvalue weighted by Crippen LogP contribution is 2.24. The van der Waals surface area contributed by atoms with Gasteiger partial charge in [0.05, 0.1) is 6.61 Å². The molecule has 1 atom stereocenters. The smallest absolute Gasteiger partial charge is 0.389 e. The Bertz CT molecular complexity index is 606. The molecule has 6 heteroatoms. The van der Waals surface area contributed by atoms with Gasteiger partial charge >= 0.3 is 12.1 Å². The number of halogens is 3. The molecule has 0 saturated heterocycles. The second-order valence-corrected chi connectivity index (χ2v) is 5.92. The SMILES string of the molecule is O=C(CCCC(F)(F)F)CC1=C[C@@H](Cc2ccccc2)COC1=O. The summed E-state index contributed by atoms with van der Waals surface area (Å²) in [4.78, 5) is 23.5. The van der Waals surface area contributed by atoms with E-state index >= 15 is 0 Å². The van der Waals surface area contributed by atoms with E-state index in [-0.39, 0.29) is 43.1 Å². The van der Waals surface area contributed by atoms with Crippen molar-refractivity contribution in [1.82, 2.24) is 0 Å². The third kappa shape index (κ3) is 6.18. The topological polar surface area (TPSA) is 43.4 Å². The first-order chi connectivity index (χ1) is 11.3. The minimum atomic E-state index is -4.26. The van der Waals surface area contributed by atoms with Crippen LogP contribution < -0.4 is 0 Å². The molecule has 1 aromatic rings. The first-order valence-corrected chi connectivity index (χ1v) is 7.83. The zero-order valence-electron chi connectivity index (χ0n) is 13.1. The summed E-state index contributed by atoms with van der Waals surface area (Å²) in [5.41, 5.74) is 1.34. The molecule has 0 unspecified atom stereocenters. The van der Waals surface area contributed by atoms with E-state index in [0.29, 0.717) is 6.42 Å². The lowest BCUT2D eigenvalue weighted by atomic mass is 9.93. The molecule has 0 aromatic heterocycles. The number of Topliss-reactive ketones (excluding diaryl/α,β-unsaturated/α-hetero) is 1. The van der Waals surface area contributed by atoms with Crippen LogP contribution in [-0.2, 0) is 20.7 Å². The number of hydrogen-bond donors (Lipinski definition) is 0. The lowest BCUT2D eigenvalue weighted by molar-refractivity contribution is -0.143. The summed E-state index contributed by atoms with van der Waals surface area (Å²) in [6.45, 7) is 0.249. The van der Waals surface area contributed by atoms with Gasteiger partial charge in [0, 0.05) is 30.8 Å². The van der Waals surface area contributed by atoms with Crippen LogP contribution in [0.1, 0.15) is 31.2 Å². The molecule has 130 valence electrons. The quantitative estimate of drug-likeness (QED) is 0.704. The van der Waals surface area contributed by atoms with Crippen LogP contribution in [0.3, 0.4) is 0 Å². The Labute approximate surface area is 138 Å². The van der Waals surface area contributed by atoms with E-state index < -0.39 is 18.6 Å². The molecule has 1 aliphatic rings. The van der Waals surface area contributed by atoms with Crippen LogP contribution in [0.4, 0.5) is 13.2 Å². The van der Waals surface area contributed by atoms with Gasteiger partial charge in [0.25, 0.3) is 0 Å². The fraction of sp³-hybridized carbons (Fsp3) is 0.444. The highest BCUT2D eigenvalue weighted by atomic mass is 19.4. The molecule has 0 bridgehead atoms. The number of carbonyl (C=O) groups is 2. The van der Waals surface area contributed by atoms with Crippen LogP contribution in [0, 0.1) is 5.92 Å². The summed E-state index contributed by atoms with van der Waals surface area (Å²) >= 11 is 0.